The maximum atomic E-state index is 5.33. The van der Waals surface area contributed by atoms with E-state index in [1.165, 1.54) is 0 Å². The lowest BCUT2D eigenvalue weighted by Crippen LogP contribution is -2.24. The average molecular weight is 236 g/mol. The maximum absolute atomic E-state index is 5.33. The largest absolute Gasteiger partial charge is 0.479 e. The minimum Gasteiger partial charge on any atom is -0.479 e. The van der Waals surface area contributed by atoms with E-state index in [0.717, 1.165) is 30.9 Å². The SMILES string of the molecule is COc1nccc(N(C)C)c1NC1CCNC1. The molecule has 17 heavy (non-hydrogen) atoms. The molecule has 0 saturated carbocycles. The summed E-state index contributed by atoms with van der Waals surface area (Å²) in [5.41, 5.74) is 2.08. The molecule has 1 aliphatic rings. The van der Waals surface area contributed by atoms with Crippen molar-refractivity contribution in [2.75, 3.05) is 44.5 Å². The Morgan fingerprint density at radius 1 is 1.53 bits per heavy atom. The van der Waals surface area contributed by atoms with Crippen LogP contribution in [0.3, 0.4) is 0 Å². The van der Waals surface area contributed by atoms with Gasteiger partial charge in [-0.2, -0.15) is 0 Å². The third kappa shape index (κ3) is 2.61. The Hall–Kier alpha value is -1.49. The molecule has 0 amide bonds. The van der Waals surface area contributed by atoms with Crippen LogP contribution in [0.4, 0.5) is 11.4 Å². The second-order valence-electron chi connectivity index (χ2n) is 4.44. The first-order valence-corrected chi connectivity index (χ1v) is 5.90. The van der Waals surface area contributed by atoms with E-state index >= 15 is 0 Å². The van der Waals surface area contributed by atoms with Crippen molar-refractivity contribution in [3.05, 3.63) is 12.3 Å². The molecule has 5 heteroatoms. The van der Waals surface area contributed by atoms with Crippen LogP contribution < -0.4 is 20.3 Å². The van der Waals surface area contributed by atoms with Crippen molar-refractivity contribution in [1.29, 1.82) is 0 Å². The van der Waals surface area contributed by atoms with Gasteiger partial charge in [-0.15, -0.1) is 0 Å². The zero-order valence-corrected chi connectivity index (χ0v) is 10.7. The van der Waals surface area contributed by atoms with Gasteiger partial charge in [0.15, 0.2) is 0 Å². The molecule has 1 saturated heterocycles. The number of ether oxygens (including phenoxy) is 1. The van der Waals surface area contributed by atoms with Crippen molar-refractivity contribution in [1.82, 2.24) is 10.3 Å². The summed E-state index contributed by atoms with van der Waals surface area (Å²) in [6.07, 6.45) is 2.90. The number of hydrogen-bond acceptors (Lipinski definition) is 5. The monoisotopic (exact) mass is 236 g/mol. The van der Waals surface area contributed by atoms with Gasteiger partial charge in [0.2, 0.25) is 5.88 Å². The second-order valence-corrected chi connectivity index (χ2v) is 4.44. The highest BCUT2D eigenvalue weighted by molar-refractivity contribution is 5.74. The first-order valence-electron chi connectivity index (χ1n) is 5.90. The van der Waals surface area contributed by atoms with Crippen LogP contribution in [0.5, 0.6) is 5.88 Å². The topological polar surface area (TPSA) is 49.4 Å². The number of pyridine rings is 1. The molecule has 2 rings (SSSR count). The first kappa shape index (κ1) is 12.0. The summed E-state index contributed by atoms with van der Waals surface area (Å²) in [7, 11) is 5.69. The summed E-state index contributed by atoms with van der Waals surface area (Å²) in [5, 5.41) is 6.86. The molecule has 2 N–H and O–H groups in total. The number of aromatic nitrogens is 1. The summed E-state index contributed by atoms with van der Waals surface area (Å²) in [6, 6.07) is 2.44. The Balaban J connectivity index is 2.27. The minimum absolute atomic E-state index is 0.451. The van der Waals surface area contributed by atoms with Crippen LogP contribution in [-0.2, 0) is 0 Å². The quantitative estimate of drug-likeness (QED) is 0.814. The summed E-state index contributed by atoms with van der Waals surface area (Å²) in [5.74, 6) is 0.656. The number of hydrogen-bond donors (Lipinski definition) is 2. The normalized spacial score (nSPS) is 19.1. The molecule has 0 spiro atoms. The molecule has 0 aromatic carbocycles. The van der Waals surface area contributed by atoms with Gasteiger partial charge >= 0.3 is 0 Å². The van der Waals surface area contributed by atoms with E-state index in [-0.39, 0.29) is 0 Å². The molecule has 0 bridgehead atoms. The van der Waals surface area contributed by atoms with Crippen LogP contribution in [0.2, 0.25) is 0 Å². The predicted molar refractivity (Wildman–Crippen MR) is 70.0 cm³/mol. The maximum Gasteiger partial charge on any atom is 0.239 e. The molecule has 1 atom stereocenters. The van der Waals surface area contributed by atoms with E-state index < -0.39 is 0 Å². The van der Waals surface area contributed by atoms with Gasteiger partial charge in [0.25, 0.3) is 0 Å². The molecule has 1 unspecified atom stereocenters. The number of nitrogens with zero attached hydrogens (tertiary/aromatic N) is 2. The molecule has 2 heterocycles. The summed E-state index contributed by atoms with van der Waals surface area (Å²) < 4.78 is 5.33. The molecule has 1 aliphatic heterocycles. The number of methoxy groups -OCH3 is 1. The lowest BCUT2D eigenvalue weighted by molar-refractivity contribution is 0.399. The third-order valence-electron chi connectivity index (χ3n) is 2.98. The lowest BCUT2D eigenvalue weighted by atomic mass is 10.2. The molecule has 0 radical (unpaired) electrons. The molecule has 1 aromatic rings. The highest BCUT2D eigenvalue weighted by Crippen LogP contribution is 2.32. The Morgan fingerprint density at radius 3 is 2.94 bits per heavy atom. The zero-order valence-electron chi connectivity index (χ0n) is 10.7. The molecule has 1 aromatic heterocycles. The summed E-state index contributed by atoms with van der Waals surface area (Å²) in [6.45, 7) is 2.06. The second kappa shape index (κ2) is 5.23. The highest BCUT2D eigenvalue weighted by Gasteiger charge is 2.19. The van der Waals surface area contributed by atoms with Crippen molar-refractivity contribution < 1.29 is 4.74 Å². The van der Waals surface area contributed by atoms with Crippen LogP contribution in [0.1, 0.15) is 6.42 Å². The Bertz CT molecular complexity index is 375. The Kier molecular flexibility index (Phi) is 3.68. The fraction of sp³-hybridized carbons (Fsp3) is 0.583. The van der Waals surface area contributed by atoms with Gasteiger partial charge in [-0.05, 0) is 19.0 Å². The standard InChI is InChI=1S/C12H20N4O/c1-16(2)10-5-7-14-12(17-3)11(10)15-9-4-6-13-8-9/h5,7,9,13,15H,4,6,8H2,1-3H3. The average Bonchev–Trinajstić information content (AvgIpc) is 2.82. The van der Waals surface area contributed by atoms with Crippen molar-refractivity contribution in [2.45, 2.75) is 12.5 Å². The first-order chi connectivity index (χ1) is 8.22. The molecular formula is C12H20N4O. The van der Waals surface area contributed by atoms with Gasteiger partial charge in [-0.1, -0.05) is 0 Å². The predicted octanol–water partition coefficient (Wildman–Crippen LogP) is 0.930. The van der Waals surface area contributed by atoms with Gasteiger partial charge in [0.05, 0.1) is 12.8 Å². The van der Waals surface area contributed by atoms with E-state index in [0.29, 0.717) is 11.9 Å². The zero-order chi connectivity index (χ0) is 12.3. The molecule has 1 fully saturated rings. The van der Waals surface area contributed by atoms with Crippen molar-refractivity contribution >= 4 is 11.4 Å². The fourth-order valence-electron chi connectivity index (χ4n) is 2.08. The highest BCUT2D eigenvalue weighted by atomic mass is 16.5. The van der Waals surface area contributed by atoms with Crippen LogP contribution >= 0.6 is 0 Å². The van der Waals surface area contributed by atoms with Crippen LogP contribution in [0.15, 0.2) is 12.3 Å². The Morgan fingerprint density at radius 2 is 2.35 bits per heavy atom. The van der Waals surface area contributed by atoms with E-state index in [4.69, 9.17) is 4.74 Å². The van der Waals surface area contributed by atoms with Crippen molar-refractivity contribution in [3.8, 4) is 5.88 Å². The van der Waals surface area contributed by atoms with Crippen molar-refractivity contribution in [3.63, 3.8) is 0 Å². The smallest absolute Gasteiger partial charge is 0.239 e. The van der Waals surface area contributed by atoms with Gasteiger partial charge in [0, 0.05) is 32.9 Å². The molecular weight excluding hydrogens is 216 g/mol. The summed E-state index contributed by atoms with van der Waals surface area (Å²) in [4.78, 5) is 6.31. The molecule has 94 valence electrons. The van der Waals surface area contributed by atoms with E-state index in [1.54, 1.807) is 13.3 Å². The number of nitrogens with one attached hydrogen (secondary N) is 2. The minimum atomic E-state index is 0.451. The lowest BCUT2D eigenvalue weighted by Gasteiger charge is -2.22. The number of rotatable bonds is 4. The Labute approximate surface area is 102 Å². The fourth-order valence-corrected chi connectivity index (χ4v) is 2.08. The van der Waals surface area contributed by atoms with E-state index in [2.05, 4.69) is 20.5 Å². The van der Waals surface area contributed by atoms with E-state index in [1.807, 2.05) is 20.2 Å². The van der Waals surface area contributed by atoms with E-state index in [9.17, 15) is 0 Å². The van der Waals surface area contributed by atoms with Crippen LogP contribution in [0.25, 0.3) is 0 Å². The third-order valence-corrected chi connectivity index (χ3v) is 2.98. The van der Waals surface area contributed by atoms with Gasteiger partial charge in [-0.25, -0.2) is 4.98 Å². The molecule has 0 aliphatic carbocycles. The van der Waals surface area contributed by atoms with Gasteiger partial charge < -0.3 is 20.3 Å². The van der Waals surface area contributed by atoms with Crippen LogP contribution in [0, 0.1) is 0 Å². The van der Waals surface area contributed by atoms with Gasteiger partial charge in [-0.3, -0.25) is 0 Å². The van der Waals surface area contributed by atoms with Gasteiger partial charge in [0.1, 0.15) is 5.69 Å². The van der Waals surface area contributed by atoms with Crippen LogP contribution in [-0.4, -0.2) is 45.3 Å². The number of anilines is 2. The summed E-state index contributed by atoms with van der Waals surface area (Å²) >= 11 is 0. The molecule has 5 nitrogen and oxygen atoms in total. The van der Waals surface area contributed by atoms with Crippen molar-refractivity contribution in [2.24, 2.45) is 0 Å².